The van der Waals surface area contributed by atoms with Crippen LogP contribution in [0.15, 0.2) is 48.5 Å². The van der Waals surface area contributed by atoms with E-state index in [1.807, 2.05) is 24.3 Å². The predicted octanol–water partition coefficient (Wildman–Crippen LogP) is 3.40. The smallest absolute Gasteiger partial charge is 0.407 e. The molecule has 8 nitrogen and oxygen atoms in total. The molecule has 0 unspecified atom stereocenters. The Morgan fingerprint density at radius 2 is 1.66 bits per heavy atom. The quantitative estimate of drug-likeness (QED) is 0.632. The molecule has 1 saturated heterocycles. The lowest BCUT2D eigenvalue weighted by Crippen LogP contribution is -2.65. The van der Waals surface area contributed by atoms with Crippen molar-refractivity contribution in [3.05, 3.63) is 59.7 Å². The van der Waals surface area contributed by atoms with Crippen molar-refractivity contribution in [2.24, 2.45) is 5.92 Å². The Morgan fingerprint density at radius 3 is 2.29 bits per heavy atom. The van der Waals surface area contributed by atoms with Crippen molar-refractivity contribution in [3.63, 3.8) is 0 Å². The molecule has 0 spiro atoms. The highest BCUT2D eigenvalue weighted by atomic mass is 16.5. The largest absolute Gasteiger partial charge is 0.480 e. The summed E-state index contributed by atoms with van der Waals surface area (Å²) in [7, 11) is 0. The number of carboxylic acid groups (broad SMARTS) is 1. The number of nitrogens with one attached hydrogen (secondary N) is 1. The molecule has 3 aliphatic rings. The molecule has 2 aromatic carbocycles. The Hall–Kier alpha value is -3.39. The van der Waals surface area contributed by atoms with Crippen molar-refractivity contribution in [1.29, 1.82) is 0 Å². The summed E-state index contributed by atoms with van der Waals surface area (Å²) in [4.78, 5) is 38.2. The first kappa shape index (κ1) is 23.4. The highest BCUT2D eigenvalue weighted by Crippen LogP contribution is 2.44. The van der Waals surface area contributed by atoms with Gasteiger partial charge >= 0.3 is 12.1 Å². The number of carbonyl (C=O) groups is 3. The van der Waals surface area contributed by atoms with Crippen LogP contribution in [-0.2, 0) is 19.1 Å². The van der Waals surface area contributed by atoms with Gasteiger partial charge in [-0.05, 0) is 42.0 Å². The van der Waals surface area contributed by atoms with Crippen molar-refractivity contribution in [3.8, 4) is 11.1 Å². The summed E-state index contributed by atoms with van der Waals surface area (Å²) in [5, 5.41) is 11.7. The molecule has 2 atom stereocenters. The van der Waals surface area contributed by atoms with Crippen LogP contribution in [0.1, 0.15) is 43.2 Å². The third-order valence-electron chi connectivity index (χ3n) is 7.39. The first-order valence-electron chi connectivity index (χ1n) is 12.1. The van der Waals surface area contributed by atoms with Crippen LogP contribution in [0.3, 0.4) is 0 Å². The fourth-order valence-electron chi connectivity index (χ4n) is 5.70. The number of ether oxygens (including phenoxy) is 2. The van der Waals surface area contributed by atoms with Gasteiger partial charge in [0.05, 0.1) is 19.0 Å². The number of nitrogens with zero attached hydrogens (tertiary/aromatic N) is 1. The van der Waals surface area contributed by atoms with E-state index in [4.69, 9.17) is 14.6 Å². The molecule has 2 fully saturated rings. The molecule has 2 aromatic rings. The number of carbonyl (C=O) groups excluding carboxylic acids is 2. The second-order valence-electron chi connectivity index (χ2n) is 9.94. The lowest BCUT2D eigenvalue weighted by molar-refractivity contribution is -0.175. The van der Waals surface area contributed by atoms with E-state index < -0.39 is 17.7 Å². The maximum atomic E-state index is 13.0. The summed E-state index contributed by atoms with van der Waals surface area (Å²) in [6.07, 6.45) is 1.78. The van der Waals surface area contributed by atoms with E-state index in [9.17, 15) is 14.4 Å². The first-order chi connectivity index (χ1) is 16.8. The zero-order valence-electron chi connectivity index (χ0n) is 19.7. The fourth-order valence-corrected chi connectivity index (χ4v) is 5.70. The van der Waals surface area contributed by atoms with E-state index in [2.05, 4.69) is 29.6 Å². The van der Waals surface area contributed by atoms with Gasteiger partial charge in [0.15, 0.2) is 0 Å². The second-order valence-corrected chi connectivity index (χ2v) is 9.94. The third-order valence-corrected chi connectivity index (χ3v) is 7.39. The number of carboxylic acids is 1. The fraction of sp³-hybridized carbons (Fsp3) is 0.444. The number of amides is 2. The maximum Gasteiger partial charge on any atom is 0.407 e. The molecule has 2 amide bonds. The first-order valence-corrected chi connectivity index (χ1v) is 12.1. The van der Waals surface area contributed by atoms with Crippen molar-refractivity contribution in [2.45, 2.75) is 43.7 Å². The van der Waals surface area contributed by atoms with Crippen molar-refractivity contribution in [1.82, 2.24) is 10.2 Å². The van der Waals surface area contributed by atoms with Crippen LogP contribution in [0.5, 0.6) is 0 Å². The number of hydrogen-bond acceptors (Lipinski definition) is 5. The predicted molar refractivity (Wildman–Crippen MR) is 128 cm³/mol. The Morgan fingerprint density at radius 1 is 1.03 bits per heavy atom. The van der Waals surface area contributed by atoms with Crippen LogP contribution in [-0.4, -0.2) is 65.9 Å². The minimum absolute atomic E-state index is 0.0151. The lowest BCUT2D eigenvalue weighted by Gasteiger charge is -2.48. The molecule has 0 bridgehead atoms. The van der Waals surface area contributed by atoms with Crippen LogP contribution >= 0.6 is 0 Å². The summed E-state index contributed by atoms with van der Waals surface area (Å²) < 4.78 is 11.1. The van der Waals surface area contributed by atoms with E-state index in [0.717, 1.165) is 24.0 Å². The summed E-state index contributed by atoms with van der Waals surface area (Å²) in [5.41, 5.74) is 4.02. The topological polar surface area (TPSA) is 105 Å². The average molecular weight is 479 g/mol. The van der Waals surface area contributed by atoms with Crippen LogP contribution in [0.4, 0.5) is 4.79 Å². The van der Waals surface area contributed by atoms with Gasteiger partial charge in [0.25, 0.3) is 0 Å². The Labute approximate surface area is 204 Å². The van der Waals surface area contributed by atoms with E-state index in [-0.39, 0.29) is 37.0 Å². The number of hydrogen-bond donors (Lipinski definition) is 2. The van der Waals surface area contributed by atoms with Gasteiger partial charge in [0.1, 0.15) is 18.8 Å². The highest BCUT2D eigenvalue weighted by Gasteiger charge is 2.47. The van der Waals surface area contributed by atoms with Crippen LogP contribution < -0.4 is 5.32 Å². The SMILES string of the molecule is CC1(OCC(=O)O)CN(C(=O)[C@H]2CCC[C@H]2NC(=O)OCC2c3ccccc3-c3ccccc32)C1. The molecule has 1 aliphatic heterocycles. The summed E-state index contributed by atoms with van der Waals surface area (Å²) in [6, 6.07) is 16.1. The summed E-state index contributed by atoms with van der Waals surface area (Å²) in [5.74, 6) is -1.37. The van der Waals surface area contributed by atoms with Crippen LogP contribution in [0, 0.1) is 5.92 Å². The second kappa shape index (κ2) is 9.34. The minimum Gasteiger partial charge on any atom is -0.480 e. The molecule has 1 heterocycles. The Bertz CT molecular complexity index is 1100. The van der Waals surface area contributed by atoms with Gasteiger partial charge in [-0.15, -0.1) is 0 Å². The van der Waals surface area contributed by atoms with Crippen LogP contribution in [0.2, 0.25) is 0 Å². The number of alkyl carbamates (subject to hydrolysis) is 1. The number of likely N-dealkylation sites (tertiary alicyclic amines) is 1. The number of aliphatic carboxylic acids is 1. The molecule has 5 rings (SSSR count). The Balaban J connectivity index is 1.16. The average Bonchev–Trinajstić information content (AvgIpc) is 3.41. The Kier molecular flexibility index (Phi) is 6.23. The van der Waals surface area contributed by atoms with Crippen molar-refractivity contribution < 1.29 is 29.0 Å². The van der Waals surface area contributed by atoms with Gasteiger partial charge in [-0.1, -0.05) is 55.0 Å². The zero-order valence-corrected chi connectivity index (χ0v) is 19.7. The number of rotatable bonds is 7. The van der Waals surface area contributed by atoms with E-state index in [1.165, 1.54) is 11.1 Å². The van der Waals surface area contributed by atoms with Crippen molar-refractivity contribution in [2.75, 3.05) is 26.3 Å². The summed E-state index contributed by atoms with van der Waals surface area (Å²) in [6.45, 7) is 2.37. The molecule has 2 aliphatic carbocycles. The lowest BCUT2D eigenvalue weighted by atomic mass is 9.92. The molecule has 2 N–H and O–H groups in total. The van der Waals surface area contributed by atoms with Gasteiger partial charge in [-0.3, -0.25) is 4.79 Å². The highest BCUT2D eigenvalue weighted by molar-refractivity contribution is 5.82. The maximum absolute atomic E-state index is 13.0. The van der Waals surface area contributed by atoms with Gasteiger partial charge < -0.3 is 24.8 Å². The minimum atomic E-state index is -1.03. The molecular weight excluding hydrogens is 448 g/mol. The number of fused-ring (bicyclic) bond motifs is 3. The number of benzene rings is 2. The van der Waals surface area contributed by atoms with Gasteiger partial charge in [-0.25, -0.2) is 9.59 Å². The molecular formula is C27H30N2O6. The molecule has 184 valence electrons. The van der Waals surface area contributed by atoms with E-state index in [1.54, 1.807) is 11.8 Å². The molecule has 0 radical (unpaired) electrons. The third kappa shape index (κ3) is 4.62. The molecule has 8 heteroatoms. The van der Waals surface area contributed by atoms with Crippen molar-refractivity contribution >= 4 is 18.0 Å². The normalized spacial score (nSPS) is 22.1. The molecule has 0 aromatic heterocycles. The molecule has 35 heavy (non-hydrogen) atoms. The van der Waals surface area contributed by atoms with E-state index >= 15 is 0 Å². The van der Waals surface area contributed by atoms with Gasteiger partial charge in [0.2, 0.25) is 5.91 Å². The zero-order chi connectivity index (χ0) is 24.6. The molecule has 1 saturated carbocycles. The monoisotopic (exact) mass is 478 g/mol. The summed E-state index contributed by atoms with van der Waals surface area (Å²) >= 11 is 0. The van der Waals surface area contributed by atoms with Crippen LogP contribution in [0.25, 0.3) is 11.1 Å². The van der Waals surface area contributed by atoms with E-state index in [0.29, 0.717) is 19.5 Å². The van der Waals surface area contributed by atoms with Gasteiger partial charge in [0, 0.05) is 12.0 Å². The standard InChI is InChI=1S/C27H30N2O6/c1-27(35-14-24(30)31)15-29(16-27)25(32)21-11-6-12-23(21)28-26(33)34-13-22-19-9-4-2-7-17(19)18-8-3-5-10-20(18)22/h2-5,7-10,21-23H,6,11-16H2,1H3,(H,28,33)(H,30,31)/t21-,23+/m0/s1. The van der Waals surface area contributed by atoms with Gasteiger partial charge in [-0.2, -0.15) is 0 Å².